The van der Waals surface area contributed by atoms with Gasteiger partial charge in [-0.2, -0.15) is 0 Å². The van der Waals surface area contributed by atoms with Crippen molar-refractivity contribution in [3.8, 4) is 0 Å². The van der Waals surface area contributed by atoms with Crippen LogP contribution in [0.5, 0.6) is 0 Å². The number of nitrogens with zero attached hydrogens (tertiary/aromatic N) is 2. The minimum Gasteiger partial charge on any atom is -0.462 e. The van der Waals surface area contributed by atoms with E-state index in [1.807, 2.05) is 18.3 Å². The number of aromatic amines is 2. The maximum absolute atomic E-state index is 12.6. The summed E-state index contributed by atoms with van der Waals surface area (Å²) in [6, 6.07) is 6.09. The van der Waals surface area contributed by atoms with Crippen molar-refractivity contribution in [3.63, 3.8) is 0 Å². The quantitative estimate of drug-likeness (QED) is 0.580. The lowest BCUT2D eigenvalue weighted by Gasteiger charge is -2.27. The zero-order valence-electron chi connectivity index (χ0n) is 16.6. The van der Waals surface area contributed by atoms with Crippen LogP contribution in [-0.2, 0) is 11.3 Å². The van der Waals surface area contributed by atoms with Crippen molar-refractivity contribution >= 4 is 33.3 Å². The van der Waals surface area contributed by atoms with Crippen molar-refractivity contribution in [3.05, 3.63) is 51.0 Å². The minimum absolute atomic E-state index is 0.189. The summed E-state index contributed by atoms with van der Waals surface area (Å²) in [6.45, 7) is 8.29. The molecule has 1 saturated heterocycles. The van der Waals surface area contributed by atoms with Crippen molar-refractivity contribution < 1.29 is 19.4 Å². The van der Waals surface area contributed by atoms with Crippen LogP contribution >= 0.6 is 11.3 Å². The fourth-order valence-corrected chi connectivity index (χ4v) is 4.82. The number of aromatic nitrogens is 3. The average Bonchev–Trinajstić information content (AvgIpc) is 3.06. The first kappa shape index (κ1) is 19.5. The lowest BCUT2D eigenvalue weighted by atomic mass is 10.2. The molecule has 0 unspecified atom stereocenters. The van der Waals surface area contributed by atoms with Gasteiger partial charge in [-0.1, -0.05) is 6.07 Å². The number of carbonyl (C=O) groups is 1. The first-order valence-corrected chi connectivity index (χ1v) is 10.6. The lowest BCUT2D eigenvalue weighted by Crippen LogP contribution is -3.13. The summed E-state index contributed by atoms with van der Waals surface area (Å²) in [5.41, 5.74) is 0.454. The second-order valence-corrected chi connectivity index (χ2v) is 8.13. The number of H-pyrrole nitrogens is 2. The number of fused-ring (bicyclic) bond motifs is 1. The first-order chi connectivity index (χ1) is 14.1. The number of thiophene rings is 1. The topological polar surface area (TPSA) is 93.9 Å². The fraction of sp³-hybridized carbons (Fsp3) is 0.400. The number of aryl methyl sites for hydroxylation is 1. The van der Waals surface area contributed by atoms with Crippen molar-refractivity contribution in [2.45, 2.75) is 20.4 Å². The molecule has 3 aromatic heterocycles. The number of esters is 1. The average molecular weight is 416 g/mol. The van der Waals surface area contributed by atoms with Crippen LogP contribution in [0.2, 0.25) is 0 Å². The van der Waals surface area contributed by atoms with E-state index in [1.54, 1.807) is 13.8 Å². The van der Waals surface area contributed by atoms with E-state index >= 15 is 0 Å². The monoisotopic (exact) mass is 415 g/mol. The molecule has 1 aliphatic heterocycles. The minimum atomic E-state index is -0.395. The Hall–Kier alpha value is -2.78. The predicted octanol–water partition coefficient (Wildman–Crippen LogP) is 0.189. The summed E-state index contributed by atoms with van der Waals surface area (Å²) in [5, 5.41) is 0.487. The number of nitrogens with one attached hydrogen (secondary N) is 3. The molecule has 1 fully saturated rings. The third-order valence-corrected chi connectivity index (χ3v) is 6.40. The third-order valence-electron chi connectivity index (χ3n) is 5.23. The summed E-state index contributed by atoms with van der Waals surface area (Å²) in [5.74, 6) is 1.39. The van der Waals surface area contributed by atoms with E-state index in [-0.39, 0.29) is 5.56 Å². The van der Waals surface area contributed by atoms with Crippen LogP contribution in [0.3, 0.4) is 0 Å². The molecule has 29 heavy (non-hydrogen) atoms. The Morgan fingerprint density at radius 2 is 2.17 bits per heavy atom. The summed E-state index contributed by atoms with van der Waals surface area (Å²) in [7, 11) is 0. The summed E-state index contributed by atoms with van der Waals surface area (Å²) in [4.78, 5) is 40.4. The van der Waals surface area contributed by atoms with Crippen molar-refractivity contribution in [2.75, 3.05) is 37.7 Å². The van der Waals surface area contributed by atoms with E-state index in [0.717, 1.165) is 32.0 Å². The molecule has 0 bridgehead atoms. The van der Waals surface area contributed by atoms with E-state index in [2.05, 4.69) is 25.9 Å². The van der Waals surface area contributed by atoms with Crippen molar-refractivity contribution in [1.29, 1.82) is 0 Å². The highest BCUT2D eigenvalue weighted by molar-refractivity contribution is 7.20. The molecule has 0 aromatic carbocycles. The van der Waals surface area contributed by atoms with E-state index in [4.69, 9.17) is 4.74 Å². The van der Waals surface area contributed by atoms with E-state index in [0.29, 0.717) is 39.6 Å². The van der Waals surface area contributed by atoms with Crippen molar-refractivity contribution in [1.82, 2.24) is 9.97 Å². The van der Waals surface area contributed by atoms with Crippen LogP contribution in [-0.4, -0.2) is 48.7 Å². The molecular formula is C20H25N5O3S+2. The molecule has 1 aliphatic rings. The largest absolute Gasteiger partial charge is 0.462 e. The third kappa shape index (κ3) is 4.01. The highest BCUT2D eigenvalue weighted by Gasteiger charge is 2.27. The van der Waals surface area contributed by atoms with Gasteiger partial charge in [-0.25, -0.2) is 14.8 Å². The van der Waals surface area contributed by atoms with Gasteiger partial charge in [0.15, 0.2) is 5.82 Å². The van der Waals surface area contributed by atoms with Gasteiger partial charge in [0.2, 0.25) is 0 Å². The van der Waals surface area contributed by atoms with Gasteiger partial charge in [-0.05, 0) is 25.5 Å². The predicted molar refractivity (Wildman–Crippen MR) is 111 cm³/mol. The van der Waals surface area contributed by atoms with E-state index in [1.165, 1.54) is 16.2 Å². The molecular weight excluding hydrogens is 390 g/mol. The Labute approximate surface area is 172 Å². The maximum Gasteiger partial charge on any atom is 0.348 e. The van der Waals surface area contributed by atoms with Crippen LogP contribution in [0.1, 0.15) is 28.0 Å². The molecule has 4 rings (SSSR count). The number of pyridine rings is 1. The number of hydrogen-bond acceptors (Lipinski definition) is 6. The van der Waals surface area contributed by atoms with E-state index in [9.17, 15) is 9.59 Å². The summed E-state index contributed by atoms with van der Waals surface area (Å²) >= 11 is 1.23. The number of anilines is 1. The van der Waals surface area contributed by atoms with Gasteiger partial charge in [-0.3, -0.25) is 9.69 Å². The molecule has 0 amide bonds. The van der Waals surface area contributed by atoms with Gasteiger partial charge < -0.3 is 14.6 Å². The van der Waals surface area contributed by atoms with Gasteiger partial charge in [0.25, 0.3) is 11.4 Å². The molecule has 0 aliphatic carbocycles. The molecule has 4 heterocycles. The Morgan fingerprint density at radius 1 is 1.38 bits per heavy atom. The Balaban J connectivity index is 1.49. The number of quaternary nitrogens is 1. The van der Waals surface area contributed by atoms with Gasteiger partial charge in [0, 0.05) is 6.07 Å². The second-order valence-electron chi connectivity index (χ2n) is 7.13. The smallest absolute Gasteiger partial charge is 0.348 e. The molecule has 0 saturated carbocycles. The normalized spacial score (nSPS) is 15.0. The van der Waals surface area contributed by atoms with Crippen LogP contribution in [0.15, 0.2) is 29.2 Å². The number of carbonyl (C=O) groups excluding carboxylic acids is 1. The first-order valence-electron chi connectivity index (χ1n) is 9.81. The van der Waals surface area contributed by atoms with Gasteiger partial charge >= 0.3 is 5.97 Å². The molecule has 9 heteroatoms. The van der Waals surface area contributed by atoms with Crippen LogP contribution in [0.25, 0.3) is 10.2 Å². The molecule has 0 spiro atoms. The Kier molecular flexibility index (Phi) is 5.59. The lowest BCUT2D eigenvalue weighted by molar-refractivity contribution is -0.915. The molecule has 8 nitrogen and oxygen atoms in total. The van der Waals surface area contributed by atoms with Gasteiger partial charge in [0.05, 0.1) is 18.2 Å². The molecule has 3 N–H and O–H groups in total. The molecule has 0 atom stereocenters. The standard InChI is InChI=1S/C20H23N5O3S/c1-3-28-20(27)17-13(2)16-18(26)22-14(23-19(16)29-17)12-24-8-10-25(11-9-24)15-6-4-5-7-21-15/h4-7H,3,8-12H2,1-2H3,(H,22,23,26)/p+2. The molecule has 0 radical (unpaired) electrons. The Morgan fingerprint density at radius 3 is 2.86 bits per heavy atom. The number of rotatable bonds is 5. The van der Waals surface area contributed by atoms with Crippen LogP contribution in [0.4, 0.5) is 5.82 Å². The zero-order chi connectivity index (χ0) is 20.4. The number of ether oxygens (including phenoxy) is 1. The highest BCUT2D eigenvalue weighted by atomic mass is 32.1. The molecule has 3 aromatic rings. The van der Waals surface area contributed by atoms with Crippen LogP contribution in [0, 0.1) is 6.92 Å². The van der Waals surface area contributed by atoms with Crippen LogP contribution < -0.4 is 20.3 Å². The fourth-order valence-electron chi connectivity index (χ4n) is 3.72. The highest BCUT2D eigenvalue weighted by Crippen LogP contribution is 2.27. The van der Waals surface area contributed by atoms with Gasteiger partial charge in [-0.15, -0.1) is 11.3 Å². The Bertz CT molecular complexity index is 1070. The van der Waals surface area contributed by atoms with Crippen molar-refractivity contribution in [2.24, 2.45) is 0 Å². The summed E-state index contributed by atoms with van der Waals surface area (Å²) in [6.07, 6.45) is 1.94. The molecule has 152 valence electrons. The summed E-state index contributed by atoms with van der Waals surface area (Å²) < 4.78 is 5.10. The second kappa shape index (κ2) is 8.30. The number of hydrogen-bond donors (Lipinski definition) is 2. The SMILES string of the molecule is CCOC(=O)c1sc2nc(C[NH+]3CCN(c4cccc[nH+]4)CC3)[nH]c(=O)c2c1C. The maximum atomic E-state index is 12.6. The zero-order valence-corrected chi connectivity index (χ0v) is 17.4. The van der Waals surface area contributed by atoms with Gasteiger partial charge in [0.1, 0.15) is 42.4 Å². The van der Waals surface area contributed by atoms with E-state index < -0.39 is 5.97 Å². The number of piperazine rings is 1.